The Morgan fingerprint density at radius 1 is 1.26 bits per heavy atom. The molecule has 0 unspecified atom stereocenters. The second-order valence-corrected chi connectivity index (χ2v) is 7.16. The summed E-state index contributed by atoms with van der Waals surface area (Å²) >= 11 is 0. The van der Waals surface area contributed by atoms with Crippen molar-refractivity contribution in [1.29, 1.82) is 0 Å². The fraction of sp³-hybridized carbons (Fsp3) is 0.500. The first kappa shape index (κ1) is 17.9. The van der Waals surface area contributed by atoms with Crippen LogP contribution in [0.3, 0.4) is 0 Å². The number of amides is 3. The molecule has 3 aliphatic heterocycles. The third-order valence-corrected chi connectivity index (χ3v) is 5.15. The van der Waals surface area contributed by atoms with E-state index in [0.717, 1.165) is 37.2 Å². The predicted molar refractivity (Wildman–Crippen MR) is 99.2 cm³/mol. The topological polar surface area (TPSA) is 79.9 Å². The third-order valence-electron chi connectivity index (χ3n) is 5.15. The zero-order chi connectivity index (χ0) is 18.8. The molecule has 0 radical (unpaired) electrons. The van der Waals surface area contributed by atoms with Crippen molar-refractivity contribution in [2.24, 2.45) is 0 Å². The van der Waals surface area contributed by atoms with E-state index >= 15 is 0 Å². The number of carbonyl (C=O) groups excluding carboxylic acids is 2. The van der Waals surface area contributed by atoms with Gasteiger partial charge in [-0.25, -0.2) is 4.79 Å². The molecule has 3 amide bonds. The van der Waals surface area contributed by atoms with E-state index in [1.54, 1.807) is 4.90 Å². The summed E-state index contributed by atoms with van der Waals surface area (Å²) in [5, 5.41) is 5.69. The smallest absolute Gasteiger partial charge is 0.319 e. The van der Waals surface area contributed by atoms with Crippen molar-refractivity contribution in [3.8, 4) is 5.75 Å². The van der Waals surface area contributed by atoms with Gasteiger partial charge in [-0.2, -0.15) is 0 Å². The summed E-state index contributed by atoms with van der Waals surface area (Å²) in [6, 6.07) is 6.84. The highest BCUT2D eigenvalue weighted by atomic mass is 16.5. The van der Waals surface area contributed by atoms with Gasteiger partial charge in [0, 0.05) is 13.2 Å². The van der Waals surface area contributed by atoms with Crippen LogP contribution in [0.25, 0.3) is 0 Å². The predicted octanol–water partition coefficient (Wildman–Crippen LogP) is 2.10. The molecule has 1 fully saturated rings. The first-order chi connectivity index (χ1) is 13.2. The highest BCUT2D eigenvalue weighted by molar-refractivity contribution is 6.01. The molecule has 27 heavy (non-hydrogen) atoms. The summed E-state index contributed by atoms with van der Waals surface area (Å²) in [5.41, 5.74) is 2.18. The summed E-state index contributed by atoms with van der Waals surface area (Å²) < 4.78 is 11.3. The lowest BCUT2D eigenvalue weighted by atomic mass is 9.96. The molecule has 1 aromatic rings. The molecule has 144 valence electrons. The zero-order valence-electron chi connectivity index (χ0n) is 15.5. The molecule has 7 heteroatoms. The number of nitrogens with one attached hydrogen (secondary N) is 2. The normalized spacial score (nSPS) is 24.7. The number of hydrogen-bond acceptors (Lipinski definition) is 4. The number of hydrogen-bond donors (Lipinski definition) is 2. The van der Waals surface area contributed by atoms with Gasteiger partial charge in [0.2, 0.25) is 0 Å². The fourth-order valence-corrected chi connectivity index (χ4v) is 3.84. The summed E-state index contributed by atoms with van der Waals surface area (Å²) in [5.74, 6) is 0.747. The maximum Gasteiger partial charge on any atom is 0.319 e. The zero-order valence-corrected chi connectivity index (χ0v) is 15.5. The van der Waals surface area contributed by atoms with Crippen LogP contribution in [0.15, 0.2) is 35.5 Å². The number of carbonyl (C=O) groups is 2. The molecule has 0 bridgehead atoms. The summed E-state index contributed by atoms with van der Waals surface area (Å²) in [7, 11) is 0. The van der Waals surface area contributed by atoms with Crippen LogP contribution in [0.2, 0.25) is 0 Å². The highest BCUT2D eigenvalue weighted by Gasteiger charge is 2.41. The maximum absolute atomic E-state index is 13.0. The average molecular weight is 371 g/mol. The summed E-state index contributed by atoms with van der Waals surface area (Å²) in [6.07, 6.45) is 3.04. The van der Waals surface area contributed by atoms with E-state index in [2.05, 4.69) is 17.6 Å². The van der Waals surface area contributed by atoms with E-state index in [9.17, 15) is 9.59 Å². The van der Waals surface area contributed by atoms with Crippen LogP contribution < -0.4 is 15.4 Å². The van der Waals surface area contributed by atoms with Crippen molar-refractivity contribution >= 4 is 11.9 Å². The summed E-state index contributed by atoms with van der Waals surface area (Å²) in [4.78, 5) is 26.9. The van der Waals surface area contributed by atoms with Gasteiger partial charge < -0.3 is 25.0 Å². The lowest BCUT2D eigenvalue weighted by Crippen LogP contribution is -2.44. The van der Waals surface area contributed by atoms with E-state index in [0.29, 0.717) is 31.0 Å². The molecule has 0 spiro atoms. The Hall–Kier alpha value is -2.54. The average Bonchev–Trinajstić information content (AvgIpc) is 3.28. The van der Waals surface area contributed by atoms with Gasteiger partial charge in [-0.05, 0) is 37.0 Å². The molecule has 3 aliphatic rings. The van der Waals surface area contributed by atoms with Crippen molar-refractivity contribution in [3.05, 3.63) is 41.1 Å². The molecule has 0 aromatic heterocycles. The van der Waals surface area contributed by atoms with Crippen LogP contribution in [-0.2, 0) is 9.53 Å². The van der Waals surface area contributed by atoms with E-state index < -0.39 is 6.04 Å². The van der Waals surface area contributed by atoms with Gasteiger partial charge in [0.25, 0.3) is 5.91 Å². The van der Waals surface area contributed by atoms with E-state index in [1.165, 1.54) is 0 Å². The van der Waals surface area contributed by atoms with Crippen LogP contribution in [0.1, 0.15) is 37.8 Å². The number of nitrogens with zero attached hydrogens (tertiary/aromatic N) is 1. The van der Waals surface area contributed by atoms with Gasteiger partial charge in [0.1, 0.15) is 5.75 Å². The van der Waals surface area contributed by atoms with Gasteiger partial charge in [0.15, 0.2) is 0 Å². The lowest BCUT2D eigenvalue weighted by molar-refractivity contribution is -0.127. The molecule has 7 nitrogen and oxygen atoms in total. The number of benzene rings is 1. The minimum atomic E-state index is -0.448. The Kier molecular flexibility index (Phi) is 5.03. The van der Waals surface area contributed by atoms with E-state index in [-0.39, 0.29) is 18.0 Å². The molecule has 2 atom stereocenters. The Morgan fingerprint density at radius 3 is 2.78 bits per heavy atom. The first-order valence-electron chi connectivity index (χ1n) is 9.60. The Bertz CT molecular complexity index is 753. The van der Waals surface area contributed by atoms with Gasteiger partial charge in [-0.15, -0.1) is 0 Å². The lowest BCUT2D eigenvalue weighted by Gasteiger charge is -2.25. The quantitative estimate of drug-likeness (QED) is 0.803. The number of ether oxygens (including phenoxy) is 2. The molecule has 0 saturated carbocycles. The maximum atomic E-state index is 13.0. The number of urea groups is 1. The molecule has 4 rings (SSSR count). The molecule has 1 aromatic carbocycles. The van der Waals surface area contributed by atoms with Crippen LogP contribution in [0.4, 0.5) is 4.79 Å². The Labute approximate surface area is 158 Å². The third kappa shape index (κ3) is 3.64. The van der Waals surface area contributed by atoms with Gasteiger partial charge >= 0.3 is 6.03 Å². The van der Waals surface area contributed by atoms with E-state index in [4.69, 9.17) is 9.47 Å². The second kappa shape index (κ2) is 7.60. The van der Waals surface area contributed by atoms with Crippen LogP contribution in [0.5, 0.6) is 5.75 Å². The fourth-order valence-electron chi connectivity index (χ4n) is 3.84. The monoisotopic (exact) mass is 371 g/mol. The minimum absolute atomic E-state index is 0.0377. The van der Waals surface area contributed by atoms with Crippen molar-refractivity contribution < 1.29 is 19.1 Å². The van der Waals surface area contributed by atoms with Crippen LogP contribution in [0, 0.1) is 0 Å². The molecule has 2 N–H and O–H groups in total. The van der Waals surface area contributed by atoms with Crippen molar-refractivity contribution in [2.75, 3.05) is 26.3 Å². The molecule has 0 aliphatic carbocycles. The highest BCUT2D eigenvalue weighted by Crippen LogP contribution is 2.33. The second-order valence-electron chi connectivity index (χ2n) is 7.16. The number of rotatable bonds is 6. The molecular formula is C20H25N3O4. The first-order valence-corrected chi connectivity index (χ1v) is 9.60. The standard InChI is InChI=1S/C20H25N3O4/c1-2-9-26-14-7-5-13(6-8-14)18-17-16(21-20(25)22-18)12-23(19(17)24)11-15-4-3-10-27-15/h5-8,15,18H,2-4,9-12H2,1H3,(H2,21,22,25)/t15-,18-/m0/s1. The van der Waals surface area contributed by atoms with Crippen molar-refractivity contribution in [1.82, 2.24) is 15.5 Å². The molecular weight excluding hydrogens is 346 g/mol. The summed E-state index contributed by atoms with van der Waals surface area (Å²) in [6.45, 7) is 4.47. The van der Waals surface area contributed by atoms with Gasteiger partial charge in [-0.1, -0.05) is 19.1 Å². The van der Waals surface area contributed by atoms with Crippen LogP contribution >= 0.6 is 0 Å². The SMILES string of the molecule is CCCOc1ccc([C@@H]2NC(=O)NC3=C2C(=O)N(C[C@@H]2CCCO2)C3)cc1. The largest absolute Gasteiger partial charge is 0.494 e. The Morgan fingerprint density at radius 2 is 2.07 bits per heavy atom. The Balaban J connectivity index is 1.53. The van der Waals surface area contributed by atoms with Gasteiger partial charge in [0.05, 0.1) is 36.6 Å². The molecule has 1 saturated heterocycles. The van der Waals surface area contributed by atoms with Crippen molar-refractivity contribution in [2.45, 2.75) is 38.3 Å². The van der Waals surface area contributed by atoms with E-state index in [1.807, 2.05) is 24.3 Å². The van der Waals surface area contributed by atoms with Crippen LogP contribution in [-0.4, -0.2) is 49.2 Å². The molecule has 3 heterocycles. The minimum Gasteiger partial charge on any atom is -0.494 e. The van der Waals surface area contributed by atoms with Crippen molar-refractivity contribution in [3.63, 3.8) is 0 Å². The van der Waals surface area contributed by atoms with Gasteiger partial charge in [-0.3, -0.25) is 4.79 Å².